The maximum atomic E-state index is 14.5. The normalized spacial score (nSPS) is 27.9. The minimum Gasteiger partial charge on any atom is -0.508 e. The fraction of sp³-hybridized carbons (Fsp3) is 0.488. The smallest absolute Gasteiger partial charge is 0.340 e. The number of aromatic hydroxyl groups is 1. The maximum Gasteiger partial charge on any atom is 0.340 e. The molecule has 0 radical (unpaired) electrons. The van der Waals surface area contributed by atoms with Crippen LogP contribution in [0.5, 0.6) is 5.75 Å². The third-order valence-corrected chi connectivity index (χ3v) is 11.9. The summed E-state index contributed by atoms with van der Waals surface area (Å²) in [6.45, 7) is 9.58. The molecule has 2 aromatic carbocycles. The number of phenolic OH excluding ortho intramolecular Hbond substituents is 1. The van der Waals surface area contributed by atoms with Crippen LogP contribution in [0.2, 0.25) is 0 Å². The number of carbonyl (C=O) groups excluding carboxylic acids is 2. The van der Waals surface area contributed by atoms with Crippen molar-refractivity contribution >= 4 is 17.5 Å². The van der Waals surface area contributed by atoms with E-state index >= 15 is 0 Å². The lowest BCUT2D eigenvalue weighted by atomic mass is 9.44. The molecule has 6 aliphatic rings. The number of nitrogens with one attached hydrogen (secondary N) is 1. The lowest BCUT2D eigenvalue weighted by Crippen LogP contribution is -2.52. The van der Waals surface area contributed by atoms with Crippen molar-refractivity contribution in [2.45, 2.75) is 92.0 Å². The Morgan fingerprint density at radius 3 is 2.59 bits per heavy atom. The van der Waals surface area contributed by atoms with E-state index in [-0.39, 0.29) is 41.4 Å². The highest BCUT2D eigenvalue weighted by molar-refractivity contribution is 6.07. The van der Waals surface area contributed by atoms with Gasteiger partial charge in [0.15, 0.2) is 0 Å². The van der Waals surface area contributed by atoms with Crippen molar-refractivity contribution in [1.82, 2.24) is 5.32 Å². The molecule has 49 heavy (non-hydrogen) atoms. The Morgan fingerprint density at radius 2 is 1.84 bits per heavy atom. The van der Waals surface area contributed by atoms with E-state index in [1.807, 2.05) is 19.2 Å². The van der Waals surface area contributed by atoms with E-state index in [4.69, 9.17) is 9.47 Å². The van der Waals surface area contributed by atoms with Crippen LogP contribution in [0.15, 0.2) is 82.9 Å². The van der Waals surface area contributed by atoms with Crippen molar-refractivity contribution in [2.24, 2.45) is 35.0 Å². The Kier molecular flexibility index (Phi) is 9.21. The molecule has 258 valence electrons. The number of benzene rings is 2. The first-order valence-electron chi connectivity index (χ1n) is 18.6. The Labute approximate surface area is 291 Å². The summed E-state index contributed by atoms with van der Waals surface area (Å²) in [5.41, 5.74) is 6.84. The summed E-state index contributed by atoms with van der Waals surface area (Å²) in [5, 5.41) is 14.2. The maximum absolute atomic E-state index is 14.5. The van der Waals surface area contributed by atoms with Gasteiger partial charge in [0.05, 0.1) is 11.0 Å². The molecule has 2 N–H and O–H groups in total. The highest BCUT2D eigenvalue weighted by Crippen LogP contribution is 2.72. The van der Waals surface area contributed by atoms with Gasteiger partial charge in [-0.2, -0.15) is 0 Å². The van der Waals surface area contributed by atoms with Crippen molar-refractivity contribution in [3.63, 3.8) is 0 Å². The molecule has 0 amide bonds. The lowest BCUT2D eigenvalue weighted by Gasteiger charge is -2.56. The SMILES string of the molecule is CCCC=C1OC(=O)C2=C1CCC1C3CCC4(C(=CC(CC)CCC(C)C)OC(=O)C4=C3c3cc(O)ccc3-c3cccc(CNC)c3)C21. The number of carbonyl (C=O) groups is 2. The summed E-state index contributed by atoms with van der Waals surface area (Å²) >= 11 is 0. The van der Waals surface area contributed by atoms with Crippen LogP contribution in [-0.4, -0.2) is 24.1 Å². The highest BCUT2D eigenvalue weighted by Gasteiger charge is 2.68. The third-order valence-electron chi connectivity index (χ3n) is 11.9. The fourth-order valence-electron chi connectivity index (χ4n) is 9.72. The van der Waals surface area contributed by atoms with Crippen LogP contribution in [0.25, 0.3) is 16.7 Å². The molecule has 2 heterocycles. The number of ether oxygens (including phenoxy) is 2. The standard InChI is InChI=1S/C43H51NO5/c1-6-8-12-35-33-18-17-32-31-19-20-43(39(32)38(33)41(46)48-35)36(22-26(7-2)14-13-25(3)4)49-42(47)40(43)37(31)34-23-29(45)15-16-30(34)28-11-9-10-27(21-28)24-44-5/h9-12,15-16,21-23,25-26,31-32,39,44-45H,6-8,13-14,17-20,24H2,1-5H3. The van der Waals surface area contributed by atoms with Gasteiger partial charge in [-0.1, -0.05) is 64.8 Å². The van der Waals surface area contributed by atoms with Crippen LogP contribution in [-0.2, 0) is 25.6 Å². The minimum absolute atomic E-state index is 0.0447. The van der Waals surface area contributed by atoms with Crippen LogP contribution in [0, 0.1) is 35.0 Å². The summed E-state index contributed by atoms with van der Waals surface area (Å²) < 4.78 is 12.5. The van der Waals surface area contributed by atoms with Gasteiger partial charge in [-0.15, -0.1) is 0 Å². The molecule has 0 aromatic heterocycles. The second kappa shape index (κ2) is 13.4. The molecule has 5 atom stereocenters. The molecular formula is C43H51NO5. The molecule has 2 aromatic rings. The minimum atomic E-state index is -0.756. The predicted octanol–water partition coefficient (Wildman–Crippen LogP) is 9.41. The van der Waals surface area contributed by atoms with Crippen molar-refractivity contribution < 1.29 is 24.2 Å². The van der Waals surface area contributed by atoms with E-state index in [0.29, 0.717) is 11.5 Å². The van der Waals surface area contributed by atoms with Crippen molar-refractivity contribution in [1.29, 1.82) is 0 Å². The van der Waals surface area contributed by atoms with Crippen LogP contribution < -0.4 is 5.32 Å². The largest absolute Gasteiger partial charge is 0.508 e. The summed E-state index contributed by atoms with van der Waals surface area (Å²) in [6, 6.07) is 14.0. The molecule has 1 saturated heterocycles. The Morgan fingerprint density at radius 1 is 1.00 bits per heavy atom. The van der Waals surface area contributed by atoms with Gasteiger partial charge in [0.2, 0.25) is 0 Å². The Hall–Kier alpha value is -3.90. The number of cyclic esters (lactones) is 2. The lowest BCUT2D eigenvalue weighted by molar-refractivity contribution is -0.135. The summed E-state index contributed by atoms with van der Waals surface area (Å²) in [5.74, 6) is 1.92. The topological polar surface area (TPSA) is 84.9 Å². The molecule has 4 aliphatic carbocycles. The van der Waals surface area contributed by atoms with Crippen LogP contribution >= 0.6 is 0 Å². The second-order valence-corrected chi connectivity index (χ2v) is 15.2. The molecule has 5 unspecified atom stereocenters. The average molecular weight is 662 g/mol. The molecule has 2 aliphatic heterocycles. The molecule has 2 fully saturated rings. The van der Waals surface area contributed by atoms with Gasteiger partial charge < -0.3 is 19.9 Å². The van der Waals surface area contributed by atoms with Crippen molar-refractivity contribution in [3.8, 4) is 16.9 Å². The number of unbranched alkanes of at least 4 members (excludes halogenated alkanes) is 1. The van der Waals surface area contributed by atoms with E-state index in [2.05, 4.69) is 69.4 Å². The van der Waals surface area contributed by atoms with Crippen LogP contribution in [0.3, 0.4) is 0 Å². The van der Waals surface area contributed by atoms with Gasteiger partial charge >= 0.3 is 11.9 Å². The number of allylic oxidation sites excluding steroid dienone is 5. The number of fused-ring (bicyclic) bond motifs is 1. The van der Waals surface area contributed by atoms with Gasteiger partial charge in [0.25, 0.3) is 0 Å². The highest BCUT2D eigenvalue weighted by atomic mass is 16.5. The predicted molar refractivity (Wildman–Crippen MR) is 193 cm³/mol. The Bertz CT molecular complexity index is 1790. The number of phenols is 1. The van der Waals surface area contributed by atoms with Crippen molar-refractivity contribution in [2.75, 3.05) is 7.05 Å². The second-order valence-electron chi connectivity index (χ2n) is 15.2. The average Bonchev–Trinajstić information content (AvgIpc) is 3.58. The number of esters is 2. The van der Waals surface area contributed by atoms with E-state index in [1.54, 1.807) is 6.07 Å². The zero-order valence-corrected chi connectivity index (χ0v) is 29.7. The third kappa shape index (κ3) is 5.60. The Balaban J connectivity index is 1.47. The quantitative estimate of drug-likeness (QED) is 0.234. The molecule has 1 spiro atoms. The molecule has 6 heteroatoms. The fourth-order valence-corrected chi connectivity index (χ4v) is 9.72. The van der Waals surface area contributed by atoms with Gasteiger partial charge in [0.1, 0.15) is 17.3 Å². The zero-order chi connectivity index (χ0) is 34.4. The summed E-state index contributed by atoms with van der Waals surface area (Å²) in [7, 11) is 1.94. The first-order chi connectivity index (χ1) is 23.7. The number of hydrogen-bond acceptors (Lipinski definition) is 6. The monoisotopic (exact) mass is 661 g/mol. The zero-order valence-electron chi connectivity index (χ0n) is 29.7. The molecule has 8 rings (SSSR count). The van der Waals surface area contributed by atoms with Gasteiger partial charge in [-0.3, -0.25) is 0 Å². The number of hydrogen-bond donors (Lipinski definition) is 2. The first kappa shape index (κ1) is 33.6. The number of rotatable bonds is 11. The molecule has 1 saturated carbocycles. The molecular weight excluding hydrogens is 610 g/mol. The van der Waals surface area contributed by atoms with E-state index in [9.17, 15) is 14.7 Å². The molecule has 6 nitrogen and oxygen atoms in total. The van der Waals surface area contributed by atoms with Crippen molar-refractivity contribution in [3.05, 3.63) is 94.0 Å². The van der Waals surface area contributed by atoms with Crippen LogP contribution in [0.4, 0.5) is 0 Å². The molecule has 2 bridgehead atoms. The van der Waals surface area contributed by atoms with E-state index in [1.165, 1.54) is 0 Å². The first-order valence-corrected chi connectivity index (χ1v) is 18.6. The van der Waals surface area contributed by atoms with Gasteiger partial charge in [-0.25, -0.2) is 9.59 Å². The van der Waals surface area contributed by atoms with E-state index in [0.717, 1.165) is 115 Å². The summed E-state index contributed by atoms with van der Waals surface area (Å²) in [6.07, 6.45) is 12.6. The van der Waals surface area contributed by atoms with Gasteiger partial charge in [0, 0.05) is 23.6 Å². The van der Waals surface area contributed by atoms with Crippen LogP contribution in [0.1, 0.15) is 96.6 Å². The summed E-state index contributed by atoms with van der Waals surface area (Å²) in [4.78, 5) is 28.5. The van der Waals surface area contributed by atoms with Gasteiger partial charge in [-0.05, 0) is 134 Å². The van der Waals surface area contributed by atoms with E-state index < -0.39 is 5.41 Å².